The lowest BCUT2D eigenvalue weighted by atomic mass is 10.3. The lowest BCUT2D eigenvalue weighted by Crippen LogP contribution is -2.42. The largest absolute Gasteiger partial charge is 0.390 e. The van der Waals surface area contributed by atoms with Crippen molar-refractivity contribution >= 4 is 11.7 Å². The van der Waals surface area contributed by atoms with E-state index in [1.54, 1.807) is 4.90 Å². The first-order valence-electron chi connectivity index (χ1n) is 8.85. The van der Waals surface area contributed by atoms with Crippen molar-refractivity contribution in [2.75, 3.05) is 50.7 Å². The van der Waals surface area contributed by atoms with E-state index in [4.69, 9.17) is 0 Å². The number of β-amino-alcohol motifs (C(OH)–C–C–N with tert-alkyl or cyclic N) is 1. The van der Waals surface area contributed by atoms with Gasteiger partial charge in [0.25, 0.3) is 0 Å². The highest BCUT2D eigenvalue weighted by Gasteiger charge is 2.24. The molecule has 2 aliphatic rings. The Morgan fingerprint density at radius 2 is 1.96 bits per heavy atom. The molecular formula is C17H27N5O2. The monoisotopic (exact) mass is 333 g/mol. The van der Waals surface area contributed by atoms with Gasteiger partial charge in [-0.05, 0) is 38.4 Å². The van der Waals surface area contributed by atoms with Crippen LogP contribution in [0.5, 0.6) is 0 Å². The molecule has 1 atom stereocenters. The van der Waals surface area contributed by atoms with Crippen LogP contribution in [-0.2, 0) is 4.79 Å². The van der Waals surface area contributed by atoms with E-state index in [1.165, 1.54) is 0 Å². The number of likely N-dealkylation sites (tertiary alicyclic amines) is 1. The molecule has 7 nitrogen and oxygen atoms in total. The van der Waals surface area contributed by atoms with Gasteiger partial charge in [-0.1, -0.05) is 0 Å². The van der Waals surface area contributed by atoms with E-state index in [0.29, 0.717) is 19.5 Å². The molecule has 3 heterocycles. The SMILES string of the molecule is Cc1ccc(N2CCCN(CC(O)CN3CCCC3=O)CC2)nn1. The van der Waals surface area contributed by atoms with Crippen molar-refractivity contribution in [1.82, 2.24) is 20.0 Å². The van der Waals surface area contributed by atoms with Gasteiger partial charge >= 0.3 is 0 Å². The summed E-state index contributed by atoms with van der Waals surface area (Å²) in [5, 5.41) is 18.7. The van der Waals surface area contributed by atoms with Crippen LogP contribution >= 0.6 is 0 Å². The highest BCUT2D eigenvalue weighted by atomic mass is 16.3. The molecule has 1 unspecified atom stereocenters. The average molecular weight is 333 g/mol. The average Bonchev–Trinajstić information content (AvgIpc) is 2.82. The number of aliphatic hydroxyl groups excluding tert-OH is 1. The summed E-state index contributed by atoms with van der Waals surface area (Å²) in [4.78, 5) is 18.0. The van der Waals surface area contributed by atoms with Crippen LogP contribution in [0.3, 0.4) is 0 Å². The van der Waals surface area contributed by atoms with Crippen molar-refractivity contribution in [2.24, 2.45) is 0 Å². The number of aliphatic hydroxyl groups is 1. The lowest BCUT2D eigenvalue weighted by molar-refractivity contribution is -0.129. The first kappa shape index (κ1) is 17.1. The molecule has 0 aromatic carbocycles. The Hall–Kier alpha value is -1.73. The molecule has 1 aromatic heterocycles. The van der Waals surface area contributed by atoms with E-state index in [-0.39, 0.29) is 5.91 Å². The number of hydrogen-bond donors (Lipinski definition) is 1. The Labute approximate surface area is 143 Å². The molecule has 24 heavy (non-hydrogen) atoms. The van der Waals surface area contributed by atoms with Crippen molar-refractivity contribution in [3.63, 3.8) is 0 Å². The van der Waals surface area contributed by atoms with Crippen molar-refractivity contribution < 1.29 is 9.90 Å². The molecule has 2 fully saturated rings. The molecule has 0 saturated carbocycles. The minimum atomic E-state index is -0.474. The number of rotatable bonds is 5. The Morgan fingerprint density at radius 1 is 1.08 bits per heavy atom. The molecular weight excluding hydrogens is 306 g/mol. The van der Waals surface area contributed by atoms with Crippen LogP contribution in [0, 0.1) is 6.92 Å². The van der Waals surface area contributed by atoms with Gasteiger partial charge < -0.3 is 14.9 Å². The van der Waals surface area contributed by atoms with E-state index < -0.39 is 6.10 Å². The number of aryl methyl sites for hydroxylation is 1. The molecule has 7 heteroatoms. The van der Waals surface area contributed by atoms with Crippen molar-refractivity contribution in [1.29, 1.82) is 0 Å². The molecule has 3 rings (SSSR count). The molecule has 1 aromatic rings. The second-order valence-electron chi connectivity index (χ2n) is 6.77. The predicted molar refractivity (Wildman–Crippen MR) is 91.9 cm³/mol. The number of nitrogens with zero attached hydrogens (tertiary/aromatic N) is 5. The number of hydrogen-bond acceptors (Lipinski definition) is 6. The third kappa shape index (κ3) is 4.42. The number of amides is 1. The second kappa shape index (κ2) is 7.90. The topological polar surface area (TPSA) is 72.8 Å². The van der Waals surface area contributed by atoms with Crippen LogP contribution in [0.2, 0.25) is 0 Å². The van der Waals surface area contributed by atoms with E-state index >= 15 is 0 Å². The van der Waals surface area contributed by atoms with Crippen molar-refractivity contribution in [3.8, 4) is 0 Å². The van der Waals surface area contributed by atoms with Crippen molar-refractivity contribution in [2.45, 2.75) is 32.3 Å². The van der Waals surface area contributed by atoms with Gasteiger partial charge in [0.2, 0.25) is 5.91 Å². The number of carbonyl (C=O) groups is 1. The number of carbonyl (C=O) groups excluding carboxylic acids is 1. The molecule has 2 aliphatic heterocycles. The quantitative estimate of drug-likeness (QED) is 0.834. The molecule has 0 radical (unpaired) electrons. The summed E-state index contributed by atoms with van der Waals surface area (Å²) in [6.45, 7) is 7.49. The maximum Gasteiger partial charge on any atom is 0.222 e. The molecule has 1 amide bonds. The van der Waals surface area contributed by atoms with Gasteiger partial charge in [-0.25, -0.2) is 0 Å². The van der Waals surface area contributed by atoms with Gasteiger partial charge in [0, 0.05) is 45.7 Å². The fourth-order valence-corrected chi connectivity index (χ4v) is 3.45. The predicted octanol–water partition coefficient (Wildman–Crippen LogP) is 0.280. The van der Waals surface area contributed by atoms with Gasteiger partial charge in [-0.3, -0.25) is 9.69 Å². The third-order valence-corrected chi connectivity index (χ3v) is 4.77. The molecule has 1 N–H and O–H groups in total. The van der Waals surface area contributed by atoms with Gasteiger partial charge in [-0.2, -0.15) is 5.10 Å². The second-order valence-corrected chi connectivity index (χ2v) is 6.77. The zero-order chi connectivity index (χ0) is 16.9. The van der Waals surface area contributed by atoms with Crippen LogP contribution < -0.4 is 4.90 Å². The smallest absolute Gasteiger partial charge is 0.222 e. The number of anilines is 1. The maximum absolute atomic E-state index is 11.7. The van der Waals surface area contributed by atoms with E-state index in [9.17, 15) is 9.90 Å². The summed E-state index contributed by atoms with van der Waals surface area (Å²) < 4.78 is 0. The van der Waals surface area contributed by atoms with E-state index in [0.717, 1.165) is 57.1 Å². The summed E-state index contributed by atoms with van der Waals surface area (Å²) in [5.74, 6) is 1.10. The Balaban J connectivity index is 1.48. The Kier molecular flexibility index (Phi) is 5.63. The van der Waals surface area contributed by atoms with Crippen LogP contribution in [0.15, 0.2) is 12.1 Å². The highest BCUT2D eigenvalue weighted by Crippen LogP contribution is 2.14. The highest BCUT2D eigenvalue weighted by molar-refractivity contribution is 5.78. The first-order chi connectivity index (χ1) is 11.6. The fraction of sp³-hybridized carbons (Fsp3) is 0.706. The van der Waals surface area contributed by atoms with Crippen LogP contribution in [0.4, 0.5) is 5.82 Å². The molecule has 0 aliphatic carbocycles. The summed E-state index contributed by atoms with van der Waals surface area (Å²) in [6.07, 6.45) is 2.10. The molecule has 0 bridgehead atoms. The minimum absolute atomic E-state index is 0.175. The van der Waals surface area contributed by atoms with Crippen LogP contribution in [0.1, 0.15) is 25.0 Å². The van der Waals surface area contributed by atoms with Gasteiger partial charge in [0.15, 0.2) is 5.82 Å². The zero-order valence-electron chi connectivity index (χ0n) is 14.4. The Morgan fingerprint density at radius 3 is 2.67 bits per heavy atom. The maximum atomic E-state index is 11.7. The third-order valence-electron chi connectivity index (χ3n) is 4.77. The van der Waals surface area contributed by atoms with E-state index in [2.05, 4.69) is 20.0 Å². The summed E-state index contributed by atoms with van der Waals surface area (Å²) >= 11 is 0. The van der Waals surface area contributed by atoms with Crippen LogP contribution in [-0.4, -0.2) is 82.9 Å². The lowest BCUT2D eigenvalue weighted by Gasteiger charge is -2.26. The molecule has 132 valence electrons. The zero-order valence-corrected chi connectivity index (χ0v) is 14.4. The summed E-state index contributed by atoms with van der Waals surface area (Å²) in [7, 11) is 0. The Bertz CT molecular complexity index is 550. The van der Waals surface area contributed by atoms with E-state index in [1.807, 2.05) is 19.1 Å². The van der Waals surface area contributed by atoms with Gasteiger partial charge in [0.1, 0.15) is 0 Å². The first-order valence-corrected chi connectivity index (χ1v) is 8.85. The minimum Gasteiger partial charge on any atom is -0.390 e. The summed E-state index contributed by atoms with van der Waals surface area (Å²) in [5.41, 5.74) is 0.926. The van der Waals surface area contributed by atoms with Gasteiger partial charge in [0.05, 0.1) is 11.8 Å². The molecule has 0 spiro atoms. The van der Waals surface area contributed by atoms with Gasteiger partial charge in [-0.15, -0.1) is 5.10 Å². The normalized spacial score (nSPS) is 21.2. The van der Waals surface area contributed by atoms with Crippen LogP contribution in [0.25, 0.3) is 0 Å². The van der Waals surface area contributed by atoms with Crippen molar-refractivity contribution in [3.05, 3.63) is 17.8 Å². The fourth-order valence-electron chi connectivity index (χ4n) is 3.45. The molecule has 2 saturated heterocycles. The number of aromatic nitrogens is 2. The standard InChI is InChI=1S/C17H27N5O2/c1-14-5-6-16(19-18-14)21-9-3-7-20(10-11-21)12-15(23)13-22-8-2-4-17(22)24/h5-6,15,23H,2-4,7-13H2,1H3. The summed E-state index contributed by atoms with van der Waals surface area (Å²) in [6, 6.07) is 4.01.